The largest absolute Gasteiger partial charge is 0.305 e. The highest BCUT2D eigenvalue weighted by molar-refractivity contribution is 5.20. The number of likely N-dealkylation sites (N-methyl/N-ethyl adjacent to an activating group) is 1. The third-order valence-electron chi connectivity index (χ3n) is 6.39. The summed E-state index contributed by atoms with van der Waals surface area (Å²) < 4.78 is 0. The van der Waals surface area contributed by atoms with Crippen LogP contribution in [0.25, 0.3) is 0 Å². The predicted octanol–water partition coefficient (Wildman–Crippen LogP) is 4.77. The standard InChI is InChI=1S/C22H36N2/c1-23(2)22(17-19-9-5-3-6-10-19)18-24-15-13-21(14-16-24)20-11-7-4-8-12-20/h4,7-8,11-12,19,21-22H,3,5-6,9-10,13-18H2,1-2H3. The van der Waals surface area contributed by atoms with Crippen LogP contribution in [0.4, 0.5) is 0 Å². The van der Waals surface area contributed by atoms with Crippen molar-refractivity contribution in [3.05, 3.63) is 35.9 Å². The molecule has 0 N–H and O–H groups in total. The minimum Gasteiger partial charge on any atom is -0.305 e. The molecule has 1 aromatic rings. The number of hydrogen-bond donors (Lipinski definition) is 0. The third-order valence-corrected chi connectivity index (χ3v) is 6.39. The van der Waals surface area contributed by atoms with Gasteiger partial charge in [0.15, 0.2) is 0 Å². The molecule has 1 aromatic carbocycles. The summed E-state index contributed by atoms with van der Waals surface area (Å²) in [5, 5.41) is 0. The Hall–Kier alpha value is -0.860. The van der Waals surface area contributed by atoms with Crippen LogP contribution >= 0.6 is 0 Å². The zero-order valence-electron chi connectivity index (χ0n) is 15.8. The van der Waals surface area contributed by atoms with Crippen molar-refractivity contribution in [1.29, 1.82) is 0 Å². The molecule has 1 aliphatic carbocycles. The Balaban J connectivity index is 1.47. The van der Waals surface area contributed by atoms with E-state index >= 15 is 0 Å². The lowest BCUT2D eigenvalue weighted by Gasteiger charge is -2.38. The number of benzene rings is 1. The fourth-order valence-corrected chi connectivity index (χ4v) is 4.73. The van der Waals surface area contributed by atoms with E-state index in [9.17, 15) is 0 Å². The average Bonchev–Trinajstić information content (AvgIpc) is 2.63. The van der Waals surface area contributed by atoms with Gasteiger partial charge >= 0.3 is 0 Å². The van der Waals surface area contributed by atoms with E-state index in [1.54, 1.807) is 5.56 Å². The fraction of sp³-hybridized carbons (Fsp3) is 0.727. The maximum Gasteiger partial charge on any atom is 0.0219 e. The Morgan fingerprint density at radius 3 is 2.25 bits per heavy atom. The van der Waals surface area contributed by atoms with E-state index in [1.165, 1.54) is 71.0 Å². The van der Waals surface area contributed by atoms with Gasteiger partial charge in [0.2, 0.25) is 0 Å². The summed E-state index contributed by atoms with van der Waals surface area (Å²) in [6.45, 7) is 3.81. The zero-order valence-corrected chi connectivity index (χ0v) is 15.8. The highest BCUT2D eigenvalue weighted by atomic mass is 15.2. The fourth-order valence-electron chi connectivity index (χ4n) is 4.73. The van der Waals surface area contributed by atoms with E-state index in [0.717, 1.165) is 17.9 Å². The van der Waals surface area contributed by atoms with E-state index in [0.29, 0.717) is 0 Å². The first-order valence-corrected chi connectivity index (χ1v) is 10.2. The Labute approximate surface area is 149 Å². The van der Waals surface area contributed by atoms with E-state index in [-0.39, 0.29) is 0 Å². The zero-order chi connectivity index (χ0) is 16.8. The second kappa shape index (κ2) is 9.01. The van der Waals surface area contributed by atoms with Gasteiger partial charge in [0.25, 0.3) is 0 Å². The molecular formula is C22H36N2. The number of piperidine rings is 1. The van der Waals surface area contributed by atoms with Crippen molar-refractivity contribution in [2.24, 2.45) is 5.92 Å². The Morgan fingerprint density at radius 1 is 0.958 bits per heavy atom. The molecule has 2 aliphatic rings. The summed E-state index contributed by atoms with van der Waals surface area (Å²) in [5.41, 5.74) is 1.54. The first kappa shape index (κ1) is 17.9. The van der Waals surface area contributed by atoms with E-state index in [4.69, 9.17) is 0 Å². The van der Waals surface area contributed by atoms with E-state index < -0.39 is 0 Å². The molecule has 0 aromatic heterocycles. The molecule has 2 heteroatoms. The van der Waals surface area contributed by atoms with Gasteiger partial charge in [-0.3, -0.25) is 0 Å². The van der Waals surface area contributed by atoms with E-state index in [2.05, 4.69) is 54.2 Å². The SMILES string of the molecule is CN(C)C(CC1CCCCC1)CN1CCC(c2ccccc2)CC1. The summed E-state index contributed by atoms with van der Waals surface area (Å²) in [7, 11) is 4.56. The second-order valence-electron chi connectivity index (χ2n) is 8.34. The first-order chi connectivity index (χ1) is 11.7. The molecule has 0 radical (unpaired) electrons. The van der Waals surface area contributed by atoms with Crippen LogP contribution in [-0.2, 0) is 0 Å². The van der Waals surface area contributed by atoms with Crippen molar-refractivity contribution in [2.45, 2.75) is 63.3 Å². The highest BCUT2D eigenvalue weighted by Crippen LogP contribution is 2.30. The summed E-state index contributed by atoms with van der Waals surface area (Å²) in [6.07, 6.45) is 11.4. The molecule has 1 saturated carbocycles. The van der Waals surface area contributed by atoms with Gasteiger partial charge in [-0.05, 0) is 63.8 Å². The van der Waals surface area contributed by atoms with Gasteiger partial charge in [0.05, 0.1) is 0 Å². The molecule has 1 unspecified atom stereocenters. The Bertz CT molecular complexity index is 456. The molecule has 1 saturated heterocycles. The number of rotatable bonds is 6. The van der Waals surface area contributed by atoms with Gasteiger partial charge in [-0.25, -0.2) is 0 Å². The van der Waals surface area contributed by atoms with Crippen molar-refractivity contribution < 1.29 is 0 Å². The molecule has 2 nitrogen and oxygen atoms in total. The number of nitrogens with zero attached hydrogens (tertiary/aromatic N) is 2. The molecule has 0 amide bonds. The van der Waals surface area contributed by atoms with Crippen LogP contribution in [0.2, 0.25) is 0 Å². The van der Waals surface area contributed by atoms with Gasteiger partial charge < -0.3 is 9.80 Å². The molecule has 1 aliphatic heterocycles. The van der Waals surface area contributed by atoms with Crippen molar-refractivity contribution >= 4 is 0 Å². The summed E-state index contributed by atoms with van der Waals surface area (Å²) in [5.74, 6) is 1.76. The third kappa shape index (κ3) is 5.07. The van der Waals surface area contributed by atoms with Crippen LogP contribution in [0.5, 0.6) is 0 Å². The lowest BCUT2D eigenvalue weighted by molar-refractivity contribution is 0.130. The Morgan fingerprint density at radius 2 is 1.62 bits per heavy atom. The van der Waals surface area contributed by atoms with Crippen molar-refractivity contribution in [3.8, 4) is 0 Å². The minimum atomic E-state index is 0.737. The average molecular weight is 329 g/mol. The topological polar surface area (TPSA) is 6.48 Å². The summed E-state index contributed by atoms with van der Waals surface area (Å²) in [6, 6.07) is 11.9. The lowest BCUT2D eigenvalue weighted by Crippen LogP contribution is -2.44. The molecule has 1 atom stereocenters. The molecule has 24 heavy (non-hydrogen) atoms. The number of likely N-dealkylation sites (tertiary alicyclic amines) is 1. The number of hydrogen-bond acceptors (Lipinski definition) is 2. The highest BCUT2D eigenvalue weighted by Gasteiger charge is 2.25. The monoisotopic (exact) mass is 328 g/mol. The maximum atomic E-state index is 2.73. The lowest BCUT2D eigenvalue weighted by atomic mass is 9.84. The Kier molecular flexibility index (Phi) is 6.74. The minimum absolute atomic E-state index is 0.737. The van der Waals surface area contributed by atoms with Gasteiger partial charge in [0, 0.05) is 12.6 Å². The van der Waals surface area contributed by atoms with Crippen LogP contribution in [-0.4, -0.2) is 49.6 Å². The normalized spacial score (nSPS) is 22.8. The van der Waals surface area contributed by atoms with Crippen LogP contribution in [0, 0.1) is 5.92 Å². The molecule has 0 spiro atoms. The van der Waals surface area contributed by atoms with Gasteiger partial charge in [-0.15, -0.1) is 0 Å². The smallest absolute Gasteiger partial charge is 0.0219 e. The van der Waals surface area contributed by atoms with Crippen LogP contribution in [0.3, 0.4) is 0 Å². The van der Waals surface area contributed by atoms with Crippen molar-refractivity contribution in [2.75, 3.05) is 33.7 Å². The molecule has 1 heterocycles. The van der Waals surface area contributed by atoms with Crippen LogP contribution in [0.1, 0.15) is 62.8 Å². The van der Waals surface area contributed by atoms with Crippen LogP contribution in [0.15, 0.2) is 30.3 Å². The first-order valence-electron chi connectivity index (χ1n) is 10.2. The van der Waals surface area contributed by atoms with Crippen LogP contribution < -0.4 is 0 Å². The quantitative estimate of drug-likeness (QED) is 0.742. The predicted molar refractivity (Wildman–Crippen MR) is 104 cm³/mol. The van der Waals surface area contributed by atoms with E-state index in [1.807, 2.05) is 0 Å². The van der Waals surface area contributed by atoms with Gasteiger partial charge in [-0.1, -0.05) is 62.4 Å². The van der Waals surface area contributed by atoms with Gasteiger partial charge in [-0.2, -0.15) is 0 Å². The second-order valence-corrected chi connectivity index (χ2v) is 8.34. The molecule has 0 bridgehead atoms. The summed E-state index contributed by atoms with van der Waals surface area (Å²) >= 11 is 0. The molecule has 2 fully saturated rings. The molecule has 134 valence electrons. The van der Waals surface area contributed by atoms with Crippen molar-refractivity contribution in [1.82, 2.24) is 9.80 Å². The molecule has 3 rings (SSSR count). The van der Waals surface area contributed by atoms with Crippen molar-refractivity contribution in [3.63, 3.8) is 0 Å². The van der Waals surface area contributed by atoms with Gasteiger partial charge in [0.1, 0.15) is 0 Å². The molecular weight excluding hydrogens is 292 g/mol. The maximum absolute atomic E-state index is 2.73. The summed E-state index contributed by atoms with van der Waals surface area (Å²) in [4.78, 5) is 5.21.